The van der Waals surface area contributed by atoms with Gasteiger partial charge in [0.1, 0.15) is 23.0 Å². The molecule has 2 aromatic heterocycles. The van der Waals surface area contributed by atoms with E-state index in [9.17, 15) is 0 Å². The van der Waals surface area contributed by atoms with Crippen LogP contribution in [0.15, 0.2) is 73.2 Å². The quantitative estimate of drug-likeness (QED) is 0.385. The molecule has 0 amide bonds. The molecule has 3 heterocycles. The van der Waals surface area contributed by atoms with Gasteiger partial charge in [-0.15, -0.1) is 0 Å². The Morgan fingerprint density at radius 3 is 1.79 bits per heavy atom. The Morgan fingerprint density at radius 2 is 1.14 bits per heavy atom. The number of aromatic nitrogens is 4. The Labute approximate surface area is 159 Å². The highest BCUT2D eigenvalue weighted by atomic mass is 16.5. The third-order valence-electron chi connectivity index (χ3n) is 3.69. The second-order valence-electron chi connectivity index (χ2n) is 5.73. The van der Waals surface area contributed by atoms with Gasteiger partial charge in [-0.1, -0.05) is 12.1 Å². The van der Waals surface area contributed by atoms with E-state index in [4.69, 9.17) is 18.9 Å². The SMILES string of the molecule is c1cc2cc(c1)Oc1ccnc(n1)Oc1cccc(c1)Oc1cncc(n1)O2. The molecule has 136 valence electrons. The normalized spacial score (nSPS) is 12.0. The molecular formula is C20H12N4O4. The van der Waals surface area contributed by atoms with Crippen LogP contribution in [0.1, 0.15) is 0 Å². The van der Waals surface area contributed by atoms with Crippen LogP contribution in [0.3, 0.4) is 0 Å². The van der Waals surface area contributed by atoms with Gasteiger partial charge < -0.3 is 18.9 Å². The number of hydrogen-bond acceptors (Lipinski definition) is 8. The maximum Gasteiger partial charge on any atom is 0.325 e. The van der Waals surface area contributed by atoms with Gasteiger partial charge in [0.25, 0.3) is 0 Å². The standard InChI is InChI=1S/C20H12N4O4/c1-3-13-9-14(4-1)26-18-11-21-12-19(23-18)27-15-5-2-6-16(10-15)28-20-22-8-7-17(24-20)25-13/h1-12H. The van der Waals surface area contributed by atoms with Gasteiger partial charge in [-0.05, 0) is 24.3 Å². The zero-order valence-corrected chi connectivity index (χ0v) is 14.4. The highest BCUT2D eigenvalue weighted by Gasteiger charge is 2.10. The Kier molecular flexibility index (Phi) is 3.91. The molecular weight excluding hydrogens is 360 g/mol. The summed E-state index contributed by atoms with van der Waals surface area (Å²) < 4.78 is 23.1. The van der Waals surface area contributed by atoms with E-state index in [1.54, 1.807) is 60.8 Å². The number of rotatable bonds is 0. The predicted octanol–water partition coefficient (Wildman–Crippen LogP) is 4.75. The number of ether oxygens (including phenoxy) is 4. The predicted molar refractivity (Wildman–Crippen MR) is 97.2 cm³/mol. The zero-order chi connectivity index (χ0) is 18.8. The van der Waals surface area contributed by atoms with Crippen LogP contribution in [-0.4, -0.2) is 19.9 Å². The molecule has 2 aromatic carbocycles. The van der Waals surface area contributed by atoms with Crippen molar-refractivity contribution in [2.24, 2.45) is 0 Å². The topological polar surface area (TPSA) is 88.5 Å². The smallest absolute Gasteiger partial charge is 0.325 e. The van der Waals surface area contributed by atoms with Gasteiger partial charge in [-0.25, -0.2) is 4.98 Å². The number of nitrogens with zero attached hydrogens (tertiary/aromatic N) is 4. The van der Waals surface area contributed by atoms with Gasteiger partial charge >= 0.3 is 6.01 Å². The summed E-state index contributed by atoms with van der Waals surface area (Å²) in [4.78, 5) is 16.8. The third-order valence-corrected chi connectivity index (χ3v) is 3.69. The Morgan fingerprint density at radius 1 is 0.571 bits per heavy atom. The Balaban J connectivity index is 1.60. The van der Waals surface area contributed by atoms with Gasteiger partial charge in [0.15, 0.2) is 0 Å². The molecule has 1 aliphatic rings. The largest absolute Gasteiger partial charge is 0.439 e. The first-order valence-electron chi connectivity index (χ1n) is 8.37. The summed E-state index contributed by atoms with van der Waals surface area (Å²) in [7, 11) is 0. The molecule has 0 saturated carbocycles. The average Bonchev–Trinajstić information content (AvgIpc) is 2.69. The number of fused-ring (bicyclic) bond motifs is 8. The van der Waals surface area contributed by atoms with Crippen LogP contribution in [-0.2, 0) is 0 Å². The molecule has 0 unspecified atom stereocenters. The van der Waals surface area contributed by atoms with E-state index in [2.05, 4.69) is 19.9 Å². The molecule has 0 N–H and O–H groups in total. The molecule has 0 saturated heterocycles. The fraction of sp³-hybridized carbons (Fsp3) is 0. The van der Waals surface area contributed by atoms with E-state index in [1.165, 1.54) is 12.4 Å². The first-order valence-corrected chi connectivity index (χ1v) is 8.37. The molecule has 28 heavy (non-hydrogen) atoms. The van der Waals surface area contributed by atoms with Crippen molar-refractivity contribution in [1.82, 2.24) is 19.9 Å². The minimum absolute atomic E-state index is 0.149. The summed E-state index contributed by atoms with van der Waals surface area (Å²) in [6, 6.07) is 15.9. The fourth-order valence-electron chi connectivity index (χ4n) is 2.53. The molecule has 8 bridgehead atoms. The lowest BCUT2D eigenvalue weighted by Crippen LogP contribution is -1.97. The molecule has 0 radical (unpaired) electrons. The first-order chi connectivity index (χ1) is 13.8. The van der Waals surface area contributed by atoms with Crippen LogP contribution in [0, 0.1) is 0 Å². The van der Waals surface area contributed by atoms with Crippen molar-refractivity contribution < 1.29 is 18.9 Å². The summed E-state index contributed by atoms with van der Waals surface area (Å²) in [5.41, 5.74) is 0. The van der Waals surface area contributed by atoms with Crippen molar-refractivity contribution in [3.8, 4) is 46.6 Å². The molecule has 8 nitrogen and oxygen atoms in total. The molecule has 4 aromatic rings. The molecule has 0 spiro atoms. The van der Waals surface area contributed by atoms with Gasteiger partial charge in [-0.2, -0.15) is 9.97 Å². The molecule has 0 atom stereocenters. The molecule has 1 aliphatic heterocycles. The van der Waals surface area contributed by atoms with Gasteiger partial charge in [0.2, 0.25) is 17.6 Å². The molecule has 0 aliphatic carbocycles. The third kappa shape index (κ3) is 3.51. The van der Waals surface area contributed by atoms with Crippen LogP contribution < -0.4 is 18.9 Å². The average molecular weight is 372 g/mol. The second kappa shape index (κ2) is 6.84. The Bertz CT molecular complexity index is 901. The maximum atomic E-state index is 5.80. The van der Waals surface area contributed by atoms with E-state index >= 15 is 0 Å². The van der Waals surface area contributed by atoms with Gasteiger partial charge in [0.05, 0.1) is 12.4 Å². The van der Waals surface area contributed by atoms with Crippen molar-refractivity contribution in [3.63, 3.8) is 0 Å². The van der Waals surface area contributed by atoms with Crippen molar-refractivity contribution in [2.45, 2.75) is 0 Å². The van der Waals surface area contributed by atoms with Crippen molar-refractivity contribution in [1.29, 1.82) is 0 Å². The Hall–Kier alpha value is -4.20. The summed E-state index contributed by atoms with van der Waals surface area (Å²) in [6.45, 7) is 0. The van der Waals surface area contributed by atoms with Crippen LogP contribution in [0.25, 0.3) is 0 Å². The lowest BCUT2D eigenvalue weighted by atomic mass is 10.3. The monoisotopic (exact) mass is 372 g/mol. The van der Waals surface area contributed by atoms with Crippen LogP contribution in [0.5, 0.6) is 46.6 Å². The zero-order valence-electron chi connectivity index (χ0n) is 14.4. The van der Waals surface area contributed by atoms with Crippen LogP contribution in [0.4, 0.5) is 0 Å². The van der Waals surface area contributed by atoms with Crippen LogP contribution >= 0.6 is 0 Å². The second-order valence-corrected chi connectivity index (χ2v) is 5.73. The van der Waals surface area contributed by atoms with Crippen LogP contribution in [0.2, 0.25) is 0 Å². The first kappa shape index (κ1) is 16.0. The van der Waals surface area contributed by atoms with E-state index in [0.717, 1.165) is 0 Å². The van der Waals surface area contributed by atoms with Crippen molar-refractivity contribution in [2.75, 3.05) is 0 Å². The van der Waals surface area contributed by atoms with E-state index in [-0.39, 0.29) is 11.9 Å². The van der Waals surface area contributed by atoms with Gasteiger partial charge in [0, 0.05) is 24.4 Å². The minimum atomic E-state index is 0.149. The maximum absolute atomic E-state index is 5.80. The molecule has 8 heteroatoms. The van der Waals surface area contributed by atoms with Gasteiger partial charge in [-0.3, -0.25) is 4.98 Å². The van der Waals surface area contributed by atoms with Crippen molar-refractivity contribution in [3.05, 3.63) is 73.2 Å². The van der Waals surface area contributed by atoms with Crippen molar-refractivity contribution >= 4 is 0 Å². The molecule has 5 rings (SSSR count). The highest BCUT2D eigenvalue weighted by Crippen LogP contribution is 2.31. The van der Waals surface area contributed by atoms with E-state index in [1.807, 2.05) is 0 Å². The van der Waals surface area contributed by atoms with E-state index < -0.39 is 0 Å². The number of benzene rings is 2. The summed E-state index contributed by atoms with van der Waals surface area (Å²) >= 11 is 0. The summed E-state index contributed by atoms with van der Waals surface area (Å²) in [5.74, 6) is 3.00. The fourth-order valence-corrected chi connectivity index (χ4v) is 2.53. The minimum Gasteiger partial charge on any atom is -0.439 e. The van der Waals surface area contributed by atoms with E-state index in [0.29, 0.717) is 34.8 Å². The highest BCUT2D eigenvalue weighted by molar-refractivity contribution is 5.39. The summed E-state index contributed by atoms with van der Waals surface area (Å²) in [5, 5.41) is 0. The lowest BCUT2D eigenvalue weighted by Gasteiger charge is -2.11. The lowest BCUT2D eigenvalue weighted by molar-refractivity contribution is 0.397. The molecule has 0 fully saturated rings. The summed E-state index contributed by atoms with van der Waals surface area (Å²) in [6.07, 6.45) is 4.55. The number of hydrogen-bond donors (Lipinski definition) is 0.